The van der Waals surface area contributed by atoms with E-state index >= 15 is 0 Å². The molecule has 0 saturated heterocycles. The summed E-state index contributed by atoms with van der Waals surface area (Å²) >= 11 is 6.00. The standard InChI is InChI=1S/C21H21ClFNO5/c1-28-19-12-14(8-10-20(25)24-11-3-6-21(26)27)7-9-18(19)29-13-15-16(22)4-2-5-17(15)23/h2,4-5,7-10,12H,3,6,11,13H2,1H3,(H,24,25)(H,26,27)/b10-8+. The Hall–Kier alpha value is -3.06. The van der Waals surface area contributed by atoms with Gasteiger partial charge in [0.2, 0.25) is 5.91 Å². The van der Waals surface area contributed by atoms with E-state index in [0.717, 1.165) is 0 Å². The molecule has 6 nitrogen and oxygen atoms in total. The first-order chi connectivity index (χ1) is 13.9. The van der Waals surface area contributed by atoms with E-state index in [0.29, 0.717) is 23.5 Å². The lowest BCUT2D eigenvalue weighted by Crippen LogP contribution is -2.22. The van der Waals surface area contributed by atoms with Crippen LogP contribution in [0.4, 0.5) is 4.39 Å². The smallest absolute Gasteiger partial charge is 0.303 e. The quantitative estimate of drug-likeness (QED) is 0.446. The molecule has 0 aromatic heterocycles. The van der Waals surface area contributed by atoms with Crippen LogP contribution in [0.5, 0.6) is 11.5 Å². The summed E-state index contributed by atoms with van der Waals surface area (Å²) in [5, 5.41) is 11.4. The van der Waals surface area contributed by atoms with Gasteiger partial charge in [0.15, 0.2) is 11.5 Å². The molecule has 29 heavy (non-hydrogen) atoms. The number of amides is 1. The summed E-state index contributed by atoms with van der Waals surface area (Å²) < 4.78 is 24.8. The Labute approximate surface area is 172 Å². The Bertz CT molecular complexity index is 880. The average Bonchev–Trinajstić information content (AvgIpc) is 2.69. The van der Waals surface area contributed by atoms with Crippen molar-refractivity contribution in [1.29, 1.82) is 0 Å². The van der Waals surface area contributed by atoms with Gasteiger partial charge in [0.05, 0.1) is 12.1 Å². The Kier molecular flexibility index (Phi) is 8.48. The average molecular weight is 422 g/mol. The first kappa shape index (κ1) is 22.2. The van der Waals surface area contributed by atoms with Crippen molar-refractivity contribution in [1.82, 2.24) is 5.32 Å². The first-order valence-electron chi connectivity index (χ1n) is 8.82. The first-order valence-corrected chi connectivity index (χ1v) is 9.20. The third kappa shape index (κ3) is 7.12. The van der Waals surface area contributed by atoms with Crippen molar-refractivity contribution in [2.24, 2.45) is 0 Å². The highest BCUT2D eigenvalue weighted by atomic mass is 35.5. The molecule has 0 fully saturated rings. The van der Waals surface area contributed by atoms with Crippen LogP contribution >= 0.6 is 11.6 Å². The number of ether oxygens (including phenoxy) is 2. The lowest BCUT2D eigenvalue weighted by molar-refractivity contribution is -0.137. The number of benzene rings is 2. The lowest BCUT2D eigenvalue weighted by atomic mass is 10.2. The molecule has 0 radical (unpaired) electrons. The highest BCUT2D eigenvalue weighted by Crippen LogP contribution is 2.30. The molecule has 2 aromatic carbocycles. The molecule has 2 aromatic rings. The minimum Gasteiger partial charge on any atom is -0.493 e. The molecule has 2 rings (SSSR count). The van der Waals surface area contributed by atoms with E-state index in [2.05, 4.69) is 5.32 Å². The van der Waals surface area contributed by atoms with Crippen LogP contribution in [-0.4, -0.2) is 30.6 Å². The summed E-state index contributed by atoms with van der Waals surface area (Å²) in [5.74, 6) is -0.862. The highest BCUT2D eigenvalue weighted by Gasteiger charge is 2.10. The van der Waals surface area contributed by atoms with Crippen molar-refractivity contribution >= 4 is 29.6 Å². The number of carboxylic acid groups (broad SMARTS) is 1. The second kappa shape index (κ2) is 11.1. The van der Waals surface area contributed by atoms with Gasteiger partial charge in [0, 0.05) is 24.6 Å². The molecule has 0 aliphatic heterocycles. The Balaban J connectivity index is 1.97. The zero-order valence-corrected chi connectivity index (χ0v) is 16.5. The number of hydrogen-bond acceptors (Lipinski definition) is 4. The summed E-state index contributed by atoms with van der Waals surface area (Å²) in [6.07, 6.45) is 3.29. The fourth-order valence-corrected chi connectivity index (χ4v) is 2.63. The SMILES string of the molecule is COc1cc(/C=C/C(=O)NCCCC(=O)O)ccc1OCc1c(F)cccc1Cl. The maximum Gasteiger partial charge on any atom is 0.303 e. The Morgan fingerprint density at radius 1 is 1.24 bits per heavy atom. The molecule has 0 bridgehead atoms. The van der Waals surface area contributed by atoms with Gasteiger partial charge in [0.1, 0.15) is 12.4 Å². The van der Waals surface area contributed by atoms with Gasteiger partial charge in [-0.05, 0) is 42.3 Å². The number of aliphatic carboxylic acids is 1. The second-order valence-corrected chi connectivity index (χ2v) is 6.43. The third-order valence-corrected chi connectivity index (χ3v) is 4.27. The van der Waals surface area contributed by atoms with Crippen molar-refractivity contribution in [2.75, 3.05) is 13.7 Å². The maximum absolute atomic E-state index is 13.9. The van der Waals surface area contributed by atoms with Gasteiger partial charge in [-0.25, -0.2) is 4.39 Å². The molecule has 2 N–H and O–H groups in total. The molecule has 0 spiro atoms. The monoisotopic (exact) mass is 421 g/mol. The van der Waals surface area contributed by atoms with Crippen molar-refractivity contribution < 1.29 is 28.6 Å². The van der Waals surface area contributed by atoms with Crippen LogP contribution in [0.2, 0.25) is 5.02 Å². The molecule has 8 heteroatoms. The summed E-state index contributed by atoms with van der Waals surface area (Å²) in [6.45, 7) is 0.222. The highest BCUT2D eigenvalue weighted by molar-refractivity contribution is 6.31. The normalized spacial score (nSPS) is 10.7. The number of carboxylic acids is 1. The van der Waals surface area contributed by atoms with Crippen LogP contribution in [0.1, 0.15) is 24.0 Å². The van der Waals surface area contributed by atoms with Gasteiger partial charge in [0.25, 0.3) is 0 Å². The van der Waals surface area contributed by atoms with Gasteiger partial charge < -0.3 is 19.9 Å². The second-order valence-electron chi connectivity index (χ2n) is 6.02. The number of carbonyl (C=O) groups is 2. The van der Waals surface area contributed by atoms with Gasteiger partial charge in [-0.1, -0.05) is 23.7 Å². The van der Waals surface area contributed by atoms with E-state index < -0.39 is 11.8 Å². The molecule has 1 amide bonds. The number of carbonyl (C=O) groups excluding carboxylic acids is 1. The van der Waals surface area contributed by atoms with Crippen LogP contribution in [0.25, 0.3) is 6.08 Å². The van der Waals surface area contributed by atoms with E-state index in [4.69, 9.17) is 26.2 Å². The lowest BCUT2D eigenvalue weighted by Gasteiger charge is -2.12. The van der Waals surface area contributed by atoms with E-state index in [-0.39, 0.29) is 36.1 Å². The molecule has 0 atom stereocenters. The van der Waals surface area contributed by atoms with Crippen molar-refractivity contribution in [3.8, 4) is 11.5 Å². The molecule has 0 aliphatic carbocycles. The van der Waals surface area contributed by atoms with Crippen LogP contribution in [0, 0.1) is 5.82 Å². The van der Waals surface area contributed by atoms with Gasteiger partial charge >= 0.3 is 5.97 Å². The van der Waals surface area contributed by atoms with Crippen LogP contribution in [0.3, 0.4) is 0 Å². The molecular formula is C21H21ClFNO5. The Morgan fingerprint density at radius 2 is 2.03 bits per heavy atom. The van der Waals surface area contributed by atoms with Crippen LogP contribution in [0.15, 0.2) is 42.5 Å². The summed E-state index contributed by atoms with van der Waals surface area (Å²) in [5.41, 5.74) is 0.943. The predicted octanol–water partition coefficient (Wildman–Crippen LogP) is 4.06. The summed E-state index contributed by atoms with van der Waals surface area (Å²) in [7, 11) is 1.47. The Morgan fingerprint density at radius 3 is 2.72 bits per heavy atom. The van der Waals surface area contributed by atoms with E-state index in [9.17, 15) is 14.0 Å². The van der Waals surface area contributed by atoms with Crippen molar-refractivity contribution in [3.63, 3.8) is 0 Å². The van der Waals surface area contributed by atoms with Gasteiger partial charge in [-0.2, -0.15) is 0 Å². The van der Waals surface area contributed by atoms with Crippen LogP contribution < -0.4 is 14.8 Å². The van der Waals surface area contributed by atoms with Crippen molar-refractivity contribution in [3.05, 3.63) is 64.4 Å². The number of halogens is 2. The number of methoxy groups -OCH3 is 1. The molecule has 0 unspecified atom stereocenters. The minimum atomic E-state index is -0.901. The molecular weight excluding hydrogens is 401 g/mol. The van der Waals surface area contributed by atoms with E-state index in [1.165, 1.54) is 25.3 Å². The van der Waals surface area contributed by atoms with E-state index in [1.54, 1.807) is 30.3 Å². The fraction of sp³-hybridized carbons (Fsp3) is 0.238. The minimum absolute atomic E-state index is 0.000742. The maximum atomic E-state index is 13.9. The zero-order valence-electron chi connectivity index (χ0n) is 15.8. The van der Waals surface area contributed by atoms with Gasteiger partial charge in [-0.3, -0.25) is 9.59 Å². The molecule has 154 valence electrons. The molecule has 0 aliphatic rings. The predicted molar refractivity (Wildman–Crippen MR) is 108 cm³/mol. The largest absolute Gasteiger partial charge is 0.493 e. The molecule has 0 saturated carbocycles. The van der Waals surface area contributed by atoms with E-state index in [1.807, 2.05) is 0 Å². The number of rotatable bonds is 10. The van der Waals surface area contributed by atoms with Crippen molar-refractivity contribution in [2.45, 2.75) is 19.4 Å². The summed E-state index contributed by atoms with van der Waals surface area (Å²) in [4.78, 5) is 22.2. The fourth-order valence-electron chi connectivity index (χ4n) is 2.41. The van der Waals surface area contributed by atoms with Crippen LogP contribution in [-0.2, 0) is 16.2 Å². The zero-order chi connectivity index (χ0) is 21.2. The topological polar surface area (TPSA) is 84.9 Å². The number of nitrogens with one attached hydrogen (secondary N) is 1. The third-order valence-electron chi connectivity index (χ3n) is 3.92. The molecule has 0 heterocycles. The number of hydrogen-bond donors (Lipinski definition) is 2. The summed E-state index contributed by atoms with van der Waals surface area (Å²) in [6, 6.07) is 9.45. The van der Waals surface area contributed by atoms with Gasteiger partial charge in [-0.15, -0.1) is 0 Å².